The lowest BCUT2D eigenvalue weighted by Gasteiger charge is -2.18. The quantitative estimate of drug-likeness (QED) is 0.221. The molecule has 0 saturated carbocycles. The maximum atomic E-state index is 2.40. The maximum absolute atomic E-state index is 2.40. The van der Waals surface area contributed by atoms with E-state index in [9.17, 15) is 0 Å². The van der Waals surface area contributed by atoms with Crippen molar-refractivity contribution < 1.29 is 0 Å². The van der Waals surface area contributed by atoms with E-state index in [1.165, 1.54) is 71.3 Å². The molecule has 174 valence electrons. The van der Waals surface area contributed by atoms with E-state index in [0.29, 0.717) is 0 Å². The summed E-state index contributed by atoms with van der Waals surface area (Å²) in [7, 11) is 0. The molecule has 1 heteroatoms. The van der Waals surface area contributed by atoms with Gasteiger partial charge in [-0.15, -0.1) is 0 Å². The Morgan fingerprint density at radius 1 is 0.486 bits per heavy atom. The summed E-state index contributed by atoms with van der Waals surface area (Å²) in [4.78, 5) is 0. The Labute approximate surface area is 215 Å². The molecule has 0 aliphatic heterocycles. The van der Waals surface area contributed by atoms with Crippen LogP contribution >= 0.6 is 0 Å². The molecule has 0 unspecified atom stereocenters. The molecular weight excluding hydrogens is 446 g/mol. The minimum Gasteiger partial charge on any atom is -0.309 e. The van der Waals surface area contributed by atoms with Crippen LogP contribution in [-0.2, 0) is 6.42 Å². The summed E-state index contributed by atoms with van der Waals surface area (Å²) in [5.41, 5.74) is 9.04. The SMILES string of the molecule is C1=Cc2c(c3ccccc3c3ccc(-c4cccc(-n5c6ccccc6c6ccccc65)c4)cc23)CC1. The second-order valence-electron chi connectivity index (χ2n) is 10.1. The number of hydrogen-bond acceptors (Lipinski definition) is 0. The maximum Gasteiger partial charge on any atom is 0.0541 e. The fourth-order valence-electron chi connectivity index (χ4n) is 6.38. The van der Waals surface area contributed by atoms with Gasteiger partial charge in [0.05, 0.1) is 11.0 Å². The first kappa shape index (κ1) is 20.6. The van der Waals surface area contributed by atoms with Crippen LogP contribution in [0.1, 0.15) is 17.5 Å². The zero-order chi connectivity index (χ0) is 24.3. The van der Waals surface area contributed by atoms with Crippen molar-refractivity contribution in [3.63, 3.8) is 0 Å². The molecule has 0 spiro atoms. The normalized spacial score (nSPS) is 13.1. The van der Waals surface area contributed by atoms with E-state index in [-0.39, 0.29) is 0 Å². The van der Waals surface area contributed by atoms with Crippen LogP contribution in [0.15, 0.2) is 121 Å². The monoisotopic (exact) mass is 471 g/mol. The van der Waals surface area contributed by atoms with Crippen molar-refractivity contribution in [1.29, 1.82) is 0 Å². The minimum atomic E-state index is 1.11. The number of benzene rings is 6. The molecule has 1 heterocycles. The van der Waals surface area contributed by atoms with Gasteiger partial charge in [0.15, 0.2) is 0 Å². The summed E-state index contributed by atoms with van der Waals surface area (Å²) in [5, 5.41) is 8.03. The van der Waals surface area contributed by atoms with Crippen LogP contribution in [0.25, 0.3) is 66.2 Å². The van der Waals surface area contributed by atoms with Gasteiger partial charge in [0.2, 0.25) is 0 Å². The molecular formula is C36H25N. The summed E-state index contributed by atoms with van der Waals surface area (Å²) >= 11 is 0. The van der Waals surface area contributed by atoms with Gasteiger partial charge in [-0.2, -0.15) is 0 Å². The largest absolute Gasteiger partial charge is 0.309 e. The van der Waals surface area contributed by atoms with Crippen molar-refractivity contribution in [2.75, 3.05) is 0 Å². The first-order valence-electron chi connectivity index (χ1n) is 13.1. The van der Waals surface area contributed by atoms with Crippen molar-refractivity contribution in [2.45, 2.75) is 12.8 Å². The van der Waals surface area contributed by atoms with E-state index in [0.717, 1.165) is 12.8 Å². The predicted octanol–water partition coefficient (Wildman–Crippen LogP) is 9.72. The van der Waals surface area contributed by atoms with Crippen LogP contribution < -0.4 is 0 Å². The van der Waals surface area contributed by atoms with Gasteiger partial charge in [0.25, 0.3) is 0 Å². The van der Waals surface area contributed by atoms with Crippen molar-refractivity contribution in [3.8, 4) is 16.8 Å². The fourth-order valence-corrected chi connectivity index (χ4v) is 6.38. The Kier molecular flexibility index (Phi) is 4.41. The lowest BCUT2D eigenvalue weighted by Crippen LogP contribution is -1.98. The molecule has 1 aromatic heterocycles. The summed E-state index contributed by atoms with van der Waals surface area (Å²) in [6, 6.07) is 42.3. The fraction of sp³-hybridized carbons (Fsp3) is 0.0556. The highest BCUT2D eigenvalue weighted by molar-refractivity contribution is 6.14. The number of aromatic nitrogens is 1. The van der Waals surface area contributed by atoms with E-state index >= 15 is 0 Å². The third-order valence-corrected chi connectivity index (χ3v) is 8.04. The highest BCUT2D eigenvalue weighted by atomic mass is 15.0. The Hall–Kier alpha value is -4.62. The lowest BCUT2D eigenvalue weighted by molar-refractivity contribution is 1.00. The second-order valence-corrected chi connectivity index (χ2v) is 10.1. The van der Waals surface area contributed by atoms with Gasteiger partial charge in [-0.1, -0.05) is 97.1 Å². The Morgan fingerprint density at radius 2 is 1.14 bits per heavy atom. The van der Waals surface area contributed by atoms with Crippen molar-refractivity contribution in [2.24, 2.45) is 0 Å². The standard InChI is InChI=1S/C36H25N/c1-2-14-29-27(12-1)28-13-3-4-15-30(28)34-23-25(20-21-31(29)34)24-10-9-11-26(22-24)37-35-18-7-5-16-32(35)33-17-6-8-19-36(33)37/h1-2,4-12,14-23H,3,13H2. The van der Waals surface area contributed by atoms with Crippen LogP contribution in [0.3, 0.4) is 0 Å². The zero-order valence-corrected chi connectivity index (χ0v) is 20.5. The van der Waals surface area contributed by atoms with Crippen molar-refractivity contribution >= 4 is 49.4 Å². The third kappa shape index (κ3) is 3.04. The van der Waals surface area contributed by atoms with E-state index in [1.807, 2.05) is 0 Å². The molecule has 7 aromatic rings. The predicted molar refractivity (Wildman–Crippen MR) is 159 cm³/mol. The molecule has 0 amide bonds. The second kappa shape index (κ2) is 7.94. The van der Waals surface area contributed by atoms with Crippen LogP contribution in [0.5, 0.6) is 0 Å². The van der Waals surface area contributed by atoms with E-state index in [1.54, 1.807) is 0 Å². The van der Waals surface area contributed by atoms with Crippen LogP contribution in [-0.4, -0.2) is 4.57 Å². The molecule has 0 N–H and O–H groups in total. The molecule has 6 aromatic carbocycles. The molecule has 0 bridgehead atoms. The molecule has 1 aliphatic carbocycles. The summed E-state index contributed by atoms with van der Waals surface area (Å²) in [6.45, 7) is 0. The highest BCUT2D eigenvalue weighted by Gasteiger charge is 2.16. The summed E-state index contributed by atoms with van der Waals surface area (Å²) < 4.78 is 2.40. The van der Waals surface area contributed by atoms with Gasteiger partial charge < -0.3 is 4.57 Å². The average molecular weight is 472 g/mol. The van der Waals surface area contributed by atoms with E-state index in [2.05, 4.69) is 132 Å². The first-order valence-corrected chi connectivity index (χ1v) is 13.1. The molecule has 1 nitrogen and oxygen atoms in total. The van der Waals surface area contributed by atoms with Gasteiger partial charge in [0.1, 0.15) is 0 Å². The van der Waals surface area contributed by atoms with Crippen LogP contribution in [0, 0.1) is 0 Å². The van der Waals surface area contributed by atoms with Gasteiger partial charge in [-0.05, 0) is 87.0 Å². The van der Waals surface area contributed by atoms with E-state index < -0.39 is 0 Å². The van der Waals surface area contributed by atoms with Gasteiger partial charge >= 0.3 is 0 Å². The molecule has 0 radical (unpaired) electrons. The zero-order valence-electron chi connectivity index (χ0n) is 20.5. The molecule has 0 atom stereocenters. The van der Waals surface area contributed by atoms with Gasteiger partial charge in [-0.3, -0.25) is 0 Å². The first-order chi connectivity index (χ1) is 18.4. The van der Waals surface area contributed by atoms with E-state index in [4.69, 9.17) is 0 Å². The molecule has 8 rings (SSSR count). The number of fused-ring (bicyclic) bond motifs is 9. The number of aryl methyl sites for hydroxylation is 1. The van der Waals surface area contributed by atoms with Crippen LogP contribution in [0.4, 0.5) is 0 Å². The molecule has 37 heavy (non-hydrogen) atoms. The van der Waals surface area contributed by atoms with Crippen molar-refractivity contribution in [3.05, 3.63) is 132 Å². The topological polar surface area (TPSA) is 4.93 Å². The third-order valence-electron chi connectivity index (χ3n) is 8.04. The number of hydrogen-bond donors (Lipinski definition) is 0. The Bertz CT molecular complexity index is 1980. The van der Waals surface area contributed by atoms with Crippen molar-refractivity contribution in [1.82, 2.24) is 4.57 Å². The molecule has 0 fully saturated rings. The number of nitrogens with zero attached hydrogens (tertiary/aromatic N) is 1. The Morgan fingerprint density at radius 3 is 1.92 bits per heavy atom. The number of para-hydroxylation sites is 2. The minimum absolute atomic E-state index is 1.11. The summed E-state index contributed by atoms with van der Waals surface area (Å²) in [6.07, 6.45) is 6.89. The Balaban J connectivity index is 1.36. The number of rotatable bonds is 2. The smallest absolute Gasteiger partial charge is 0.0541 e. The summed E-state index contributed by atoms with van der Waals surface area (Å²) in [5.74, 6) is 0. The molecule has 1 aliphatic rings. The number of allylic oxidation sites excluding steroid dienone is 1. The van der Waals surface area contributed by atoms with Gasteiger partial charge in [0, 0.05) is 16.5 Å². The van der Waals surface area contributed by atoms with Gasteiger partial charge in [-0.25, -0.2) is 0 Å². The average Bonchev–Trinajstić information content (AvgIpc) is 3.32. The van der Waals surface area contributed by atoms with Crippen LogP contribution in [0.2, 0.25) is 0 Å². The lowest BCUT2D eigenvalue weighted by atomic mass is 9.86. The highest BCUT2D eigenvalue weighted by Crippen LogP contribution is 2.39. The molecule has 0 saturated heterocycles.